The van der Waals surface area contributed by atoms with Gasteiger partial charge in [-0.05, 0) is 24.1 Å². The summed E-state index contributed by atoms with van der Waals surface area (Å²) in [5, 5.41) is 0. The molecule has 1 atom stereocenters. The Balaban J connectivity index is 1.60. The van der Waals surface area contributed by atoms with Gasteiger partial charge in [0.15, 0.2) is 0 Å². The Morgan fingerprint density at radius 3 is 2.75 bits per heavy atom. The largest absolute Gasteiger partial charge is 0.491 e. The Hall–Kier alpha value is -1.17. The van der Waals surface area contributed by atoms with Crippen LogP contribution in [0.4, 0.5) is 0 Å². The molecule has 5 heteroatoms. The highest BCUT2D eigenvalue weighted by Gasteiger charge is 2.15. The Labute approximate surface area is 125 Å². The molecule has 1 aliphatic heterocycles. The van der Waals surface area contributed by atoms with Gasteiger partial charge in [0.05, 0.1) is 24.8 Å². The summed E-state index contributed by atoms with van der Waals surface area (Å²) in [4.78, 5) is 0.503. The fourth-order valence-corrected chi connectivity index (χ4v) is 2.25. The van der Waals surface area contributed by atoms with Crippen LogP contribution in [0.3, 0.4) is 0 Å². The number of nitrogens with two attached hydrogens (primary N) is 1. The number of benzene rings is 1. The maximum atomic E-state index is 5.61. The number of hydrogen-bond acceptors (Lipinski definition) is 4. The van der Waals surface area contributed by atoms with Gasteiger partial charge >= 0.3 is 0 Å². The first-order valence-electron chi connectivity index (χ1n) is 6.89. The lowest BCUT2D eigenvalue weighted by Gasteiger charge is -2.10. The van der Waals surface area contributed by atoms with Gasteiger partial charge in [0, 0.05) is 18.9 Å². The third kappa shape index (κ3) is 5.45. The number of hydrogen-bond donors (Lipinski definition) is 1. The molecule has 0 amide bonds. The Morgan fingerprint density at radius 1 is 1.30 bits per heavy atom. The van der Waals surface area contributed by atoms with Gasteiger partial charge in [-0.15, -0.1) is 0 Å². The van der Waals surface area contributed by atoms with Crippen molar-refractivity contribution in [3.05, 3.63) is 29.8 Å². The highest BCUT2D eigenvalue weighted by molar-refractivity contribution is 7.80. The van der Waals surface area contributed by atoms with E-state index < -0.39 is 0 Å². The average Bonchev–Trinajstić information content (AvgIpc) is 2.93. The summed E-state index contributed by atoms with van der Waals surface area (Å²) in [6.07, 6.45) is 1.73. The van der Waals surface area contributed by atoms with Gasteiger partial charge in [-0.3, -0.25) is 0 Å². The lowest BCUT2D eigenvalue weighted by molar-refractivity contribution is 0.0684. The van der Waals surface area contributed by atoms with Crippen LogP contribution in [0, 0.1) is 5.92 Å². The number of ether oxygens (including phenoxy) is 3. The van der Waals surface area contributed by atoms with E-state index in [-0.39, 0.29) is 0 Å². The van der Waals surface area contributed by atoms with Crippen LogP contribution < -0.4 is 10.5 Å². The zero-order chi connectivity index (χ0) is 14.2. The standard InChI is InChI=1S/C15H21NO3S/c16-15(20)9-12-1-3-14(4-2-12)19-8-7-18-11-13-5-6-17-10-13/h1-4,13H,5-11H2,(H2,16,20). The molecule has 0 aliphatic carbocycles. The van der Waals surface area contributed by atoms with Gasteiger partial charge in [0.1, 0.15) is 12.4 Å². The zero-order valence-corrected chi connectivity index (χ0v) is 12.4. The quantitative estimate of drug-likeness (QED) is 0.587. The van der Waals surface area contributed by atoms with Gasteiger partial charge in [0.2, 0.25) is 0 Å². The molecular weight excluding hydrogens is 274 g/mol. The van der Waals surface area contributed by atoms with Crippen molar-refractivity contribution in [1.29, 1.82) is 0 Å². The molecule has 1 saturated heterocycles. The van der Waals surface area contributed by atoms with Crippen molar-refractivity contribution in [2.24, 2.45) is 11.7 Å². The minimum absolute atomic E-state index is 0.503. The molecule has 0 radical (unpaired) electrons. The van der Waals surface area contributed by atoms with Crippen molar-refractivity contribution in [3.8, 4) is 5.75 Å². The van der Waals surface area contributed by atoms with Crippen molar-refractivity contribution in [2.45, 2.75) is 12.8 Å². The van der Waals surface area contributed by atoms with E-state index in [1.807, 2.05) is 24.3 Å². The van der Waals surface area contributed by atoms with Gasteiger partial charge in [-0.25, -0.2) is 0 Å². The van der Waals surface area contributed by atoms with Crippen LogP contribution >= 0.6 is 12.2 Å². The van der Waals surface area contributed by atoms with Crippen molar-refractivity contribution >= 4 is 17.2 Å². The second-order valence-electron chi connectivity index (χ2n) is 4.94. The summed E-state index contributed by atoms with van der Waals surface area (Å²) < 4.78 is 16.5. The van der Waals surface area contributed by atoms with Gasteiger partial charge < -0.3 is 19.9 Å². The molecule has 4 nitrogen and oxygen atoms in total. The third-order valence-electron chi connectivity index (χ3n) is 3.18. The van der Waals surface area contributed by atoms with Crippen LogP contribution in [-0.2, 0) is 15.9 Å². The second kappa shape index (κ2) is 8.19. The molecule has 2 N–H and O–H groups in total. The monoisotopic (exact) mass is 295 g/mol. The SMILES string of the molecule is NC(=S)Cc1ccc(OCCOCC2CCOC2)cc1. The van der Waals surface area contributed by atoms with E-state index >= 15 is 0 Å². The van der Waals surface area contributed by atoms with E-state index in [1.54, 1.807) is 0 Å². The summed E-state index contributed by atoms with van der Waals surface area (Å²) in [5.41, 5.74) is 6.60. The molecule has 0 bridgehead atoms. The van der Waals surface area contributed by atoms with Crippen molar-refractivity contribution < 1.29 is 14.2 Å². The summed E-state index contributed by atoms with van der Waals surface area (Å²) in [5.74, 6) is 1.39. The zero-order valence-electron chi connectivity index (χ0n) is 11.5. The first-order chi connectivity index (χ1) is 9.74. The van der Waals surface area contributed by atoms with Crippen LogP contribution in [0.5, 0.6) is 5.75 Å². The van der Waals surface area contributed by atoms with Crippen molar-refractivity contribution in [2.75, 3.05) is 33.0 Å². The van der Waals surface area contributed by atoms with Crippen LogP contribution in [0.15, 0.2) is 24.3 Å². The Kier molecular flexibility index (Phi) is 6.24. The third-order valence-corrected chi connectivity index (χ3v) is 3.32. The fourth-order valence-electron chi connectivity index (χ4n) is 2.09. The lowest BCUT2D eigenvalue weighted by atomic mass is 10.1. The van der Waals surface area contributed by atoms with Crippen LogP contribution in [0.2, 0.25) is 0 Å². The van der Waals surface area contributed by atoms with Crippen LogP contribution in [0.1, 0.15) is 12.0 Å². The minimum atomic E-state index is 0.503. The molecule has 0 aromatic heterocycles. The smallest absolute Gasteiger partial charge is 0.119 e. The Bertz CT molecular complexity index is 416. The number of thiocarbonyl (C=S) groups is 1. The molecule has 2 rings (SSSR count). The average molecular weight is 295 g/mol. The predicted molar refractivity (Wildman–Crippen MR) is 82.2 cm³/mol. The molecule has 1 aliphatic rings. The molecule has 1 fully saturated rings. The summed E-state index contributed by atoms with van der Waals surface area (Å²) in [6.45, 7) is 3.61. The highest BCUT2D eigenvalue weighted by Crippen LogP contribution is 2.14. The predicted octanol–water partition coefficient (Wildman–Crippen LogP) is 1.95. The van der Waals surface area contributed by atoms with Crippen molar-refractivity contribution in [1.82, 2.24) is 0 Å². The Morgan fingerprint density at radius 2 is 2.10 bits per heavy atom. The minimum Gasteiger partial charge on any atom is -0.491 e. The van der Waals surface area contributed by atoms with Crippen LogP contribution in [-0.4, -0.2) is 38.0 Å². The molecule has 20 heavy (non-hydrogen) atoms. The molecule has 0 saturated carbocycles. The first kappa shape index (κ1) is 15.2. The van der Waals surface area contributed by atoms with Crippen molar-refractivity contribution in [3.63, 3.8) is 0 Å². The molecule has 1 aromatic carbocycles. The topological polar surface area (TPSA) is 53.7 Å². The van der Waals surface area contributed by atoms with Gasteiger partial charge in [0.25, 0.3) is 0 Å². The second-order valence-corrected chi connectivity index (χ2v) is 5.46. The van der Waals surface area contributed by atoms with Crippen LogP contribution in [0.25, 0.3) is 0 Å². The number of rotatable bonds is 8. The molecule has 1 unspecified atom stereocenters. The molecular formula is C15H21NO3S. The summed E-state index contributed by atoms with van der Waals surface area (Å²) in [6, 6.07) is 7.81. The lowest BCUT2D eigenvalue weighted by Crippen LogP contribution is -2.14. The normalized spacial score (nSPS) is 18.1. The summed E-state index contributed by atoms with van der Waals surface area (Å²) in [7, 11) is 0. The van der Waals surface area contributed by atoms with E-state index in [2.05, 4.69) is 0 Å². The fraction of sp³-hybridized carbons (Fsp3) is 0.533. The maximum absolute atomic E-state index is 5.61. The summed E-state index contributed by atoms with van der Waals surface area (Å²) >= 11 is 4.88. The van der Waals surface area contributed by atoms with E-state index in [9.17, 15) is 0 Å². The van der Waals surface area contributed by atoms with E-state index in [0.29, 0.717) is 30.5 Å². The van der Waals surface area contributed by atoms with E-state index in [1.165, 1.54) is 0 Å². The molecule has 1 aromatic rings. The molecule has 110 valence electrons. The van der Waals surface area contributed by atoms with Gasteiger partial charge in [-0.2, -0.15) is 0 Å². The first-order valence-corrected chi connectivity index (χ1v) is 7.30. The van der Waals surface area contributed by atoms with E-state index in [4.69, 9.17) is 32.2 Å². The highest BCUT2D eigenvalue weighted by atomic mass is 32.1. The maximum Gasteiger partial charge on any atom is 0.119 e. The van der Waals surface area contributed by atoms with Gasteiger partial charge in [-0.1, -0.05) is 24.4 Å². The molecule has 1 heterocycles. The molecule has 0 spiro atoms. The van der Waals surface area contributed by atoms with E-state index in [0.717, 1.165) is 37.6 Å².